The van der Waals surface area contributed by atoms with E-state index in [4.69, 9.17) is 16.7 Å². The molecule has 2 heterocycles. The van der Waals surface area contributed by atoms with Gasteiger partial charge in [-0.2, -0.15) is 0 Å². The van der Waals surface area contributed by atoms with Crippen LogP contribution in [0.2, 0.25) is 5.02 Å². The summed E-state index contributed by atoms with van der Waals surface area (Å²) in [5.74, 6) is -0.800. The fourth-order valence-corrected chi connectivity index (χ4v) is 4.53. The minimum absolute atomic E-state index is 0.0382. The first kappa shape index (κ1) is 27.8. The highest BCUT2D eigenvalue weighted by molar-refractivity contribution is 6.31. The number of aromatic nitrogens is 3. The zero-order chi connectivity index (χ0) is 26.3. The Morgan fingerprint density at radius 2 is 2.00 bits per heavy atom. The van der Waals surface area contributed by atoms with E-state index in [1.165, 1.54) is 11.1 Å². The largest absolute Gasteiger partial charge is 0.396 e. The van der Waals surface area contributed by atoms with Crippen LogP contribution in [0.15, 0.2) is 59.8 Å². The predicted molar refractivity (Wildman–Crippen MR) is 144 cm³/mol. The lowest BCUT2D eigenvalue weighted by molar-refractivity contribution is -0.139. The van der Waals surface area contributed by atoms with Gasteiger partial charge >= 0.3 is 0 Å². The number of carbonyl (C=O) groups is 1. The van der Waals surface area contributed by atoms with Gasteiger partial charge in [0.05, 0.1) is 11.4 Å². The van der Waals surface area contributed by atoms with Crippen LogP contribution in [0.25, 0.3) is 0 Å². The van der Waals surface area contributed by atoms with E-state index in [-0.39, 0.29) is 12.5 Å². The molecule has 36 heavy (non-hydrogen) atoms. The Morgan fingerprint density at radius 3 is 2.72 bits per heavy atom. The van der Waals surface area contributed by atoms with Crippen molar-refractivity contribution in [1.29, 1.82) is 0 Å². The highest BCUT2D eigenvalue weighted by atomic mass is 35.5. The van der Waals surface area contributed by atoms with Gasteiger partial charge in [0, 0.05) is 48.8 Å². The van der Waals surface area contributed by atoms with Crippen LogP contribution in [0, 0.1) is 5.92 Å². The Kier molecular flexibility index (Phi) is 9.65. The highest BCUT2D eigenvalue weighted by Gasteiger charge is 2.52. The highest BCUT2D eigenvalue weighted by Crippen LogP contribution is 2.46. The first-order valence-electron chi connectivity index (χ1n) is 12.5. The lowest BCUT2D eigenvalue weighted by Gasteiger charge is -2.27. The Bertz CT molecular complexity index is 1150. The standard InChI is InChI=1S/C28H37ClN4O3/c1-20(2)8-7-9-21(3)13-16-33-26-12-11-23(29)18-25(26)28(36,27(33)35)22(4)10-5-6-15-32-19-24(14-17-34)30-31-32/h5,8,10-13,18-19,22,34,36H,6-7,9,14-17H2,1-4H3/b10-5+,21-13+/t22-,28+/m0/s1. The number of hydrogen-bond acceptors (Lipinski definition) is 5. The molecule has 0 radical (unpaired) electrons. The Morgan fingerprint density at radius 1 is 1.22 bits per heavy atom. The van der Waals surface area contributed by atoms with Crippen molar-refractivity contribution < 1.29 is 15.0 Å². The van der Waals surface area contributed by atoms with Crippen LogP contribution in [0.1, 0.15) is 58.2 Å². The van der Waals surface area contributed by atoms with Crippen LogP contribution in [0.4, 0.5) is 5.69 Å². The van der Waals surface area contributed by atoms with Gasteiger partial charge in [-0.1, -0.05) is 59.2 Å². The molecule has 7 nitrogen and oxygen atoms in total. The SMILES string of the molecule is CC(C)=CCC/C(C)=C/CN1C(=O)[C@@](O)([C@@H](C)/C=C/CCn2cc(CCO)nn2)c2cc(Cl)ccc21. The number of carbonyl (C=O) groups excluding carboxylic acids is 1. The number of halogens is 1. The van der Waals surface area contributed by atoms with E-state index in [1.807, 2.05) is 31.3 Å². The van der Waals surface area contributed by atoms with Crippen LogP contribution in [0.5, 0.6) is 0 Å². The van der Waals surface area contributed by atoms with Crippen molar-refractivity contribution in [1.82, 2.24) is 15.0 Å². The van der Waals surface area contributed by atoms with Gasteiger partial charge in [-0.25, -0.2) is 0 Å². The lowest BCUT2D eigenvalue weighted by Crippen LogP contribution is -2.44. The third-order valence-electron chi connectivity index (χ3n) is 6.51. The van der Waals surface area contributed by atoms with Crippen molar-refractivity contribution >= 4 is 23.2 Å². The zero-order valence-electron chi connectivity index (χ0n) is 21.6. The third kappa shape index (κ3) is 6.52. The molecule has 194 valence electrons. The monoisotopic (exact) mass is 512 g/mol. The number of benzene rings is 1. The normalized spacial score (nSPS) is 18.7. The second-order valence-corrected chi connectivity index (χ2v) is 10.1. The topological polar surface area (TPSA) is 91.5 Å². The van der Waals surface area contributed by atoms with E-state index in [9.17, 15) is 9.90 Å². The van der Waals surface area contributed by atoms with E-state index < -0.39 is 11.5 Å². The summed E-state index contributed by atoms with van der Waals surface area (Å²) in [6.07, 6.45) is 12.9. The summed E-state index contributed by atoms with van der Waals surface area (Å²) in [7, 11) is 0. The minimum Gasteiger partial charge on any atom is -0.396 e. The van der Waals surface area contributed by atoms with E-state index in [2.05, 4.69) is 43.2 Å². The number of rotatable bonds is 12. The summed E-state index contributed by atoms with van der Waals surface area (Å²) in [6.45, 7) is 9.14. The number of amides is 1. The van der Waals surface area contributed by atoms with Crippen LogP contribution in [-0.4, -0.2) is 44.3 Å². The van der Waals surface area contributed by atoms with Gasteiger partial charge in [0.25, 0.3) is 5.91 Å². The summed E-state index contributed by atoms with van der Waals surface area (Å²) < 4.78 is 1.72. The first-order valence-corrected chi connectivity index (χ1v) is 12.8. The van der Waals surface area contributed by atoms with Crippen molar-refractivity contribution in [3.05, 3.63) is 76.1 Å². The number of hydrogen-bond donors (Lipinski definition) is 2. The quantitative estimate of drug-likeness (QED) is 0.391. The minimum atomic E-state index is -1.69. The maximum atomic E-state index is 13.6. The number of nitrogens with zero attached hydrogens (tertiary/aromatic N) is 4. The maximum Gasteiger partial charge on any atom is 0.264 e. The Balaban J connectivity index is 1.72. The van der Waals surface area contributed by atoms with E-state index >= 15 is 0 Å². The molecule has 1 amide bonds. The number of aliphatic hydroxyl groups excluding tert-OH is 1. The number of aliphatic hydroxyl groups is 2. The average molecular weight is 513 g/mol. The van der Waals surface area contributed by atoms with Gasteiger partial charge < -0.3 is 15.1 Å². The van der Waals surface area contributed by atoms with Gasteiger partial charge in [-0.15, -0.1) is 5.10 Å². The van der Waals surface area contributed by atoms with E-state index in [0.29, 0.717) is 42.2 Å². The molecule has 0 fully saturated rings. The molecule has 2 atom stereocenters. The first-order chi connectivity index (χ1) is 17.2. The maximum absolute atomic E-state index is 13.6. The molecule has 0 unspecified atom stereocenters. The van der Waals surface area contributed by atoms with Gasteiger partial charge in [-0.3, -0.25) is 9.48 Å². The van der Waals surface area contributed by atoms with E-state index in [0.717, 1.165) is 18.5 Å². The molecule has 0 spiro atoms. The van der Waals surface area contributed by atoms with Crippen molar-refractivity contribution in [2.75, 3.05) is 18.1 Å². The molecule has 0 saturated carbocycles. The Labute approximate surface area is 218 Å². The molecule has 3 rings (SSSR count). The predicted octanol–water partition coefficient (Wildman–Crippen LogP) is 4.98. The summed E-state index contributed by atoms with van der Waals surface area (Å²) in [4.78, 5) is 15.2. The fraction of sp³-hybridized carbons (Fsp3) is 0.464. The third-order valence-corrected chi connectivity index (χ3v) is 6.74. The summed E-state index contributed by atoms with van der Waals surface area (Å²) >= 11 is 6.27. The molecule has 1 aliphatic heterocycles. The Hall–Kier alpha value is -2.74. The van der Waals surface area contributed by atoms with Crippen molar-refractivity contribution in [3.63, 3.8) is 0 Å². The van der Waals surface area contributed by atoms with Crippen LogP contribution < -0.4 is 4.90 Å². The summed E-state index contributed by atoms with van der Waals surface area (Å²) in [6, 6.07) is 5.26. The van der Waals surface area contributed by atoms with Gasteiger partial charge in [-0.05, 0) is 58.2 Å². The summed E-state index contributed by atoms with van der Waals surface area (Å²) in [5.41, 5.74) is 2.78. The van der Waals surface area contributed by atoms with Crippen LogP contribution in [-0.2, 0) is 23.4 Å². The van der Waals surface area contributed by atoms with Gasteiger partial charge in [0.1, 0.15) is 0 Å². The van der Waals surface area contributed by atoms with Gasteiger partial charge in [0.15, 0.2) is 5.60 Å². The number of fused-ring (bicyclic) bond motifs is 1. The van der Waals surface area contributed by atoms with Crippen LogP contribution in [0.3, 0.4) is 0 Å². The smallest absolute Gasteiger partial charge is 0.264 e. The number of allylic oxidation sites excluding steroid dienone is 4. The average Bonchev–Trinajstić information content (AvgIpc) is 3.36. The molecule has 0 aliphatic carbocycles. The molecular weight excluding hydrogens is 476 g/mol. The molecular formula is C28H37ClN4O3. The molecule has 2 N–H and O–H groups in total. The zero-order valence-corrected chi connectivity index (χ0v) is 22.4. The fourth-order valence-electron chi connectivity index (χ4n) is 4.36. The molecule has 1 aromatic carbocycles. The van der Waals surface area contributed by atoms with Crippen molar-refractivity contribution in [3.8, 4) is 0 Å². The molecule has 2 aromatic rings. The number of aryl methyl sites for hydroxylation is 1. The molecule has 0 bridgehead atoms. The van der Waals surface area contributed by atoms with Gasteiger partial charge in [0.2, 0.25) is 0 Å². The van der Waals surface area contributed by atoms with Crippen molar-refractivity contribution in [2.24, 2.45) is 5.92 Å². The van der Waals surface area contributed by atoms with Crippen molar-refractivity contribution in [2.45, 2.75) is 65.5 Å². The lowest BCUT2D eigenvalue weighted by atomic mass is 9.83. The molecule has 1 aliphatic rings. The molecule has 8 heteroatoms. The van der Waals surface area contributed by atoms with Crippen LogP contribution >= 0.6 is 11.6 Å². The second kappa shape index (κ2) is 12.5. The van der Waals surface area contributed by atoms with E-state index in [1.54, 1.807) is 21.7 Å². The summed E-state index contributed by atoms with van der Waals surface area (Å²) in [5, 5.41) is 29.3. The molecule has 1 aromatic heterocycles. The molecule has 0 saturated heterocycles. The number of anilines is 1. The second-order valence-electron chi connectivity index (χ2n) is 9.67.